The molecule has 2 fully saturated rings. The van der Waals surface area contributed by atoms with Crippen molar-refractivity contribution in [3.05, 3.63) is 0 Å². The molecule has 1 N–H and O–H groups in total. The summed E-state index contributed by atoms with van der Waals surface area (Å²) in [4.78, 5) is 2.71. The Bertz CT molecular complexity index is 175. The first-order valence-electron chi connectivity index (χ1n) is 6.27. The van der Waals surface area contributed by atoms with Gasteiger partial charge in [-0.2, -0.15) is 0 Å². The van der Waals surface area contributed by atoms with Gasteiger partial charge >= 0.3 is 0 Å². The highest BCUT2D eigenvalue weighted by atomic mass is 15.2. The van der Waals surface area contributed by atoms with Crippen LogP contribution in [0.25, 0.3) is 0 Å². The number of hydrogen-bond donors (Lipinski definition) is 1. The summed E-state index contributed by atoms with van der Waals surface area (Å²) in [7, 11) is 0. The average molecular weight is 196 g/mol. The maximum atomic E-state index is 3.52. The van der Waals surface area contributed by atoms with Gasteiger partial charge in [0.25, 0.3) is 0 Å². The highest BCUT2D eigenvalue weighted by Crippen LogP contribution is 2.27. The van der Waals surface area contributed by atoms with Crippen molar-refractivity contribution in [1.82, 2.24) is 10.2 Å². The van der Waals surface area contributed by atoms with Gasteiger partial charge in [0.2, 0.25) is 0 Å². The van der Waals surface area contributed by atoms with Crippen LogP contribution in [0.1, 0.15) is 39.5 Å². The summed E-state index contributed by atoms with van der Waals surface area (Å²) >= 11 is 0. The van der Waals surface area contributed by atoms with Gasteiger partial charge in [0.05, 0.1) is 0 Å². The molecule has 0 spiro atoms. The topological polar surface area (TPSA) is 15.3 Å². The average Bonchev–Trinajstić information content (AvgIpc) is 2.10. The lowest BCUT2D eigenvalue weighted by atomic mass is 9.89. The minimum atomic E-state index is 0.735. The van der Waals surface area contributed by atoms with Crippen LogP contribution in [0.3, 0.4) is 0 Å². The van der Waals surface area contributed by atoms with E-state index in [2.05, 4.69) is 24.1 Å². The van der Waals surface area contributed by atoms with Crippen LogP contribution in [0.4, 0.5) is 0 Å². The highest BCUT2D eigenvalue weighted by molar-refractivity contribution is 4.89. The molecule has 2 saturated heterocycles. The van der Waals surface area contributed by atoms with Gasteiger partial charge in [-0.15, -0.1) is 0 Å². The summed E-state index contributed by atoms with van der Waals surface area (Å²) in [5.74, 6) is 1.02. The second-order valence-corrected chi connectivity index (χ2v) is 5.14. The van der Waals surface area contributed by atoms with E-state index < -0.39 is 0 Å². The van der Waals surface area contributed by atoms with E-state index in [1.54, 1.807) is 0 Å². The first-order valence-corrected chi connectivity index (χ1v) is 6.27. The zero-order chi connectivity index (χ0) is 9.97. The molecule has 82 valence electrons. The van der Waals surface area contributed by atoms with Crippen molar-refractivity contribution < 1.29 is 0 Å². The predicted molar refractivity (Wildman–Crippen MR) is 60.5 cm³/mol. The van der Waals surface area contributed by atoms with Crippen molar-refractivity contribution >= 4 is 0 Å². The van der Waals surface area contributed by atoms with Crippen LogP contribution in [-0.4, -0.2) is 36.6 Å². The van der Waals surface area contributed by atoms with Gasteiger partial charge in [-0.05, 0) is 38.6 Å². The number of hydrogen-bond acceptors (Lipinski definition) is 2. The molecule has 0 aromatic heterocycles. The second-order valence-electron chi connectivity index (χ2n) is 5.14. The molecule has 0 amide bonds. The normalized spacial score (nSPS) is 35.6. The quantitative estimate of drug-likeness (QED) is 0.741. The summed E-state index contributed by atoms with van der Waals surface area (Å²) in [6, 6.07) is 1.62. The largest absolute Gasteiger partial charge is 0.314 e. The van der Waals surface area contributed by atoms with Crippen molar-refractivity contribution in [2.24, 2.45) is 5.92 Å². The third-order valence-electron chi connectivity index (χ3n) is 3.79. The van der Waals surface area contributed by atoms with Gasteiger partial charge in [0, 0.05) is 25.2 Å². The van der Waals surface area contributed by atoms with Gasteiger partial charge in [0.1, 0.15) is 0 Å². The van der Waals surface area contributed by atoms with Crippen molar-refractivity contribution in [1.29, 1.82) is 0 Å². The van der Waals surface area contributed by atoms with Crippen LogP contribution in [0.2, 0.25) is 0 Å². The molecule has 2 heterocycles. The van der Waals surface area contributed by atoms with E-state index in [1.165, 1.54) is 45.3 Å². The van der Waals surface area contributed by atoms with Crippen molar-refractivity contribution in [3.8, 4) is 0 Å². The number of likely N-dealkylation sites (tertiary alicyclic amines) is 1. The summed E-state index contributed by atoms with van der Waals surface area (Å²) in [6.07, 6.45) is 5.53. The van der Waals surface area contributed by atoms with E-state index in [0.717, 1.165) is 18.0 Å². The van der Waals surface area contributed by atoms with Crippen molar-refractivity contribution in [2.75, 3.05) is 19.6 Å². The lowest BCUT2D eigenvalue weighted by Crippen LogP contribution is -2.56. The summed E-state index contributed by atoms with van der Waals surface area (Å²) in [5.41, 5.74) is 0. The second kappa shape index (κ2) is 4.63. The molecule has 2 unspecified atom stereocenters. The Balaban J connectivity index is 1.70. The third-order valence-corrected chi connectivity index (χ3v) is 3.79. The fourth-order valence-electron chi connectivity index (χ4n) is 2.94. The Morgan fingerprint density at radius 2 is 2.14 bits per heavy atom. The Hall–Kier alpha value is -0.0800. The molecule has 0 aliphatic carbocycles. The maximum Gasteiger partial charge on any atom is 0.0122 e. The van der Waals surface area contributed by atoms with E-state index in [0.29, 0.717) is 0 Å². The fourth-order valence-corrected chi connectivity index (χ4v) is 2.94. The Morgan fingerprint density at radius 3 is 2.79 bits per heavy atom. The minimum Gasteiger partial charge on any atom is -0.314 e. The predicted octanol–water partition coefficient (Wildman–Crippen LogP) is 1.86. The molecule has 0 aromatic rings. The van der Waals surface area contributed by atoms with Crippen LogP contribution >= 0.6 is 0 Å². The maximum absolute atomic E-state index is 3.52. The van der Waals surface area contributed by atoms with E-state index in [-0.39, 0.29) is 0 Å². The zero-order valence-electron chi connectivity index (χ0n) is 9.63. The molecule has 2 atom stereocenters. The Morgan fingerprint density at radius 1 is 1.36 bits per heavy atom. The molecular formula is C12H24N2. The van der Waals surface area contributed by atoms with Crippen LogP contribution in [0.15, 0.2) is 0 Å². The lowest BCUT2D eigenvalue weighted by Gasteiger charge is -2.47. The standard InChI is InChI=1S/C12H24N2/c1-3-4-11-8-14(9-11)12-5-6-13-10(2)7-12/h10-13H,3-9H2,1-2H3. The van der Waals surface area contributed by atoms with E-state index in [9.17, 15) is 0 Å². The van der Waals surface area contributed by atoms with Crippen molar-refractivity contribution in [3.63, 3.8) is 0 Å². The molecule has 0 bridgehead atoms. The first kappa shape index (κ1) is 10.4. The molecule has 2 aliphatic heterocycles. The molecule has 2 aliphatic rings. The summed E-state index contributed by atoms with van der Waals surface area (Å²) < 4.78 is 0. The monoisotopic (exact) mass is 196 g/mol. The summed E-state index contributed by atoms with van der Waals surface area (Å²) in [6.45, 7) is 8.60. The molecule has 2 heteroatoms. The van der Waals surface area contributed by atoms with E-state index in [4.69, 9.17) is 0 Å². The van der Waals surface area contributed by atoms with Gasteiger partial charge in [-0.1, -0.05) is 13.3 Å². The van der Waals surface area contributed by atoms with Crippen LogP contribution in [-0.2, 0) is 0 Å². The van der Waals surface area contributed by atoms with Crippen LogP contribution in [0, 0.1) is 5.92 Å². The van der Waals surface area contributed by atoms with E-state index >= 15 is 0 Å². The van der Waals surface area contributed by atoms with Gasteiger partial charge in [-0.3, -0.25) is 4.90 Å². The molecule has 0 aromatic carbocycles. The van der Waals surface area contributed by atoms with E-state index in [1.807, 2.05) is 0 Å². The summed E-state index contributed by atoms with van der Waals surface area (Å²) in [5, 5.41) is 3.52. The molecule has 14 heavy (non-hydrogen) atoms. The molecule has 0 saturated carbocycles. The van der Waals surface area contributed by atoms with Crippen LogP contribution < -0.4 is 5.32 Å². The number of nitrogens with zero attached hydrogens (tertiary/aromatic N) is 1. The van der Waals surface area contributed by atoms with Crippen molar-refractivity contribution in [2.45, 2.75) is 51.6 Å². The van der Waals surface area contributed by atoms with Crippen LogP contribution in [0.5, 0.6) is 0 Å². The zero-order valence-corrected chi connectivity index (χ0v) is 9.63. The number of rotatable bonds is 3. The number of piperidine rings is 1. The number of nitrogens with one attached hydrogen (secondary N) is 1. The Labute approximate surface area is 88.1 Å². The molecule has 0 radical (unpaired) electrons. The molecule has 2 nitrogen and oxygen atoms in total. The third kappa shape index (κ3) is 2.29. The SMILES string of the molecule is CCCC1CN(C2CCNC(C)C2)C1. The molecular weight excluding hydrogens is 172 g/mol. The van der Waals surface area contributed by atoms with Gasteiger partial charge in [0.15, 0.2) is 0 Å². The minimum absolute atomic E-state index is 0.735. The smallest absolute Gasteiger partial charge is 0.0122 e. The first-order chi connectivity index (χ1) is 6.79. The van der Waals surface area contributed by atoms with Gasteiger partial charge < -0.3 is 5.32 Å². The lowest BCUT2D eigenvalue weighted by molar-refractivity contribution is 0.0280. The van der Waals surface area contributed by atoms with Gasteiger partial charge in [-0.25, -0.2) is 0 Å². The molecule has 2 rings (SSSR count). The highest BCUT2D eigenvalue weighted by Gasteiger charge is 2.33. The Kier molecular flexibility index (Phi) is 3.45. The fraction of sp³-hybridized carbons (Fsp3) is 1.00.